The van der Waals surface area contributed by atoms with Crippen molar-refractivity contribution in [2.24, 2.45) is 11.8 Å². The number of aromatic nitrogens is 1. The van der Waals surface area contributed by atoms with Gasteiger partial charge in [-0.05, 0) is 62.8 Å². The standard InChI is InChI=1S/C22H29N3O5S/c1-16-5-3-11-24(15-16)22(26)18-9-12-25(13-10-18)31(27,28)21-17(2)23-30-20(21)8-7-19-6-4-14-29-19/h4,6-8,14,16,18H,3,5,9-13,15H2,1-2H3/b8-7+/t16-/m0/s1. The van der Waals surface area contributed by atoms with Crippen molar-refractivity contribution in [2.75, 3.05) is 26.2 Å². The number of aryl methyl sites for hydroxylation is 1. The lowest BCUT2D eigenvalue weighted by Gasteiger charge is -2.36. The second-order valence-electron chi connectivity index (χ2n) is 8.52. The maximum atomic E-state index is 13.3. The molecular formula is C22H29N3O5S. The van der Waals surface area contributed by atoms with Crippen LogP contribution in [-0.2, 0) is 14.8 Å². The third kappa shape index (κ3) is 4.62. The number of amides is 1. The predicted molar refractivity (Wildman–Crippen MR) is 115 cm³/mol. The largest absolute Gasteiger partial charge is 0.465 e. The van der Waals surface area contributed by atoms with Gasteiger partial charge in [0.1, 0.15) is 11.5 Å². The van der Waals surface area contributed by atoms with Crippen molar-refractivity contribution >= 4 is 28.1 Å². The fraction of sp³-hybridized carbons (Fsp3) is 0.545. The Bertz CT molecular complexity index is 1030. The molecule has 0 N–H and O–H groups in total. The van der Waals surface area contributed by atoms with E-state index in [2.05, 4.69) is 12.1 Å². The van der Waals surface area contributed by atoms with E-state index in [9.17, 15) is 13.2 Å². The molecule has 0 spiro atoms. The van der Waals surface area contributed by atoms with Crippen LogP contribution in [0, 0.1) is 18.8 Å². The Balaban J connectivity index is 1.45. The molecule has 0 saturated carbocycles. The van der Waals surface area contributed by atoms with E-state index in [1.54, 1.807) is 37.5 Å². The molecular weight excluding hydrogens is 418 g/mol. The molecule has 0 unspecified atom stereocenters. The molecule has 0 aliphatic carbocycles. The highest BCUT2D eigenvalue weighted by atomic mass is 32.2. The van der Waals surface area contributed by atoms with Crippen LogP contribution in [0.15, 0.2) is 32.2 Å². The summed E-state index contributed by atoms with van der Waals surface area (Å²) < 4.78 is 38.7. The van der Waals surface area contributed by atoms with Gasteiger partial charge in [-0.15, -0.1) is 0 Å². The number of hydrogen-bond acceptors (Lipinski definition) is 6. The van der Waals surface area contributed by atoms with Crippen molar-refractivity contribution in [2.45, 2.75) is 44.4 Å². The summed E-state index contributed by atoms with van der Waals surface area (Å²) in [6.07, 6.45) is 8.01. The van der Waals surface area contributed by atoms with Gasteiger partial charge in [0.05, 0.1) is 6.26 Å². The molecule has 8 nitrogen and oxygen atoms in total. The molecule has 2 aromatic heterocycles. The van der Waals surface area contributed by atoms with Crippen LogP contribution in [0.25, 0.3) is 12.2 Å². The Hall–Kier alpha value is -2.39. The molecule has 0 aromatic carbocycles. The van der Waals surface area contributed by atoms with Gasteiger partial charge >= 0.3 is 0 Å². The third-order valence-electron chi connectivity index (χ3n) is 6.15. The minimum Gasteiger partial charge on any atom is -0.465 e. The van der Waals surface area contributed by atoms with E-state index < -0.39 is 10.0 Å². The minimum absolute atomic E-state index is 0.0740. The van der Waals surface area contributed by atoms with E-state index in [1.165, 1.54) is 4.31 Å². The van der Waals surface area contributed by atoms with Crippen LogP contribution >= 0.6 is 0 Å². The normalized spacial score (nSPS) is 21.7. The first-order valence-corrected chi connectivity index (χ1v) is 12.3. The van der Waals surface area contributed by atoms with Crippen LogP contribution < -0.4 is 0 Å². The number of sulfonamides is 1. The molecule has 2 saturated heterocycles. The van der Waals surface area contributed by atoms with Crippen molar-refractivity contribution in [3.63, 3.8) is 0 Å². The zero-order chi connectivity index (χ0) is 22.0. The molecule has 9 heteroatoms. The fourth-order valence-corrected chi connectivity index (χ4v) is 6.18. The second kappa shape index (κ2) is 9.00. The maximum absolute atomic E-state index is 13.3. The molecule has 0 bridgehead atoms. The van der Waals surface area contributed by atoms with E-state index in [-0.39, 0.29) is 22.5 Å². The molecule has 168 valence electrons. The van der Waals surface area contributed by atoms with E-state index in [4.69, 9.17) is 8.94 Å². The molecule has 1 amide bonds. The fourth-order valence-electron chi connectivity index (χ4n) is 4.46. The molecule has 2 aliphatic rings. The lowest BCUT2D eigenvalue weighted by Crippen LogP contribution is -2.47. The van der Waals surface area contributed by atoms with Gasteiger partial charge in [0.2, 0.25) is 15.9 Å². The van der Waals surface area contributed by atoms with E-state index >= 15 is 0 Å². The average molecular weight is 448 g/mol. The van der Waals surface area contributed by atoms with Crippen LogP contribution in [0.4, 0.5) is 0 Å². The Morgan fingerprint density at radius 1 is 1.19 bits per heavy atom. The van der Waals surface area contributed by atoms with Crippen molar-refractivity contribution < 1.29 is 22.2 Å². The first kappa shape index (κ1) is 21.8. The number of piperidine rings is 2. The van der Waals surface area contributed by atoms with Gasteiger partial charge in [-0.3, -0.25) is 4.79 Å². The van der Waals surface area contributed by atoms with Gasteiger partial charge in [0.15, 0.2) is 10.7 Å². The monoisotopic (exact) mass is 447 g/mol. The Morgan fingerprint density at radius 2 is 1.97 bits per heavy atom. The summed E-state index contributed by atoms with van der Waals surface area (Å²) in [6.45, 7) is 6.04. The number of carbonyl (C=O) groups is 1. The predicted octanol–water partition coefficient (Wildman–Crippen LogP) is 3.41. The summed E-state index contributed by atoms with van der Waals surface area (Å²) in [4.78, 5) is 14.9. The molecule has 31 heavy (non-hydrogen) atoms. The summed E-state index contributed by atoms with van der Waals surface area (Å²) in [5.74, 6) is 1.35. The molecule has 0 radical (unpaired) electrons. The zero-order valence-corrected chi connectivity index (χ0v) is 18.8. The Labute approximate surface area is 182 Å². The minimum atomic E-state index is -3.78. The second-order valence-corrected chi connectivity index (χ2v) is 10.4. The van der Waals surface area contributed by atoms with E-state index in [0.29, 0.717) is 43.3 Å². The average Bonchev–Trinajstić information content (AvgIpc) is 3.41. The number of nitrogens with zero attached hydrogens (tertiary/aromatic N) is 3. The highest BCUT2D eigenvalue weighted by Gasteiger charge is 2.37. The van der Waals surface area contributed by atoms with Crippen LogP contribution in [0.2, 0.25) is 0 Å². The summed E-state index contributed by atoms with van der Waals surface area (Å²) in [5, 5.41) is 3.87. The number of furan rings is 1. The summed E-state index contributed by atoms with van der Waals surface area (Å²) in [5.41, 5.74) is 0.319. The van der Waals surface area contributed by atoms with Crippen molar-refractivity contribution in [3.8, 4) is 0 Å². The van der Waals surface area contributed by atoms with Gasteiger partial charge in [-0.1, -0.05) is 12.1 Å². The number of likely N-dealkylation sites (tertiary alicyclic amines) is 1. The molecule has 4 heterocycles. The van der Waals surface area contributed by atoms with Crippen molar-refractivity contribution in [1.29, 1.82) is 0 Å². The van der Waals surface area contributed by atoms with Crippen molar-refractivity contribution in [1.82, 2.24) is 14.4 Å². The topological polar surface area (TPSA) is 96.9 Å². The smallest absolute Gasteiger partial charge is 0.248 e. The van der Waals surface area contributed by atoms with Crippen LogP contribution in [0.1, 0.15) is 49.8 Å². The van der Waals surface area contributed by atoms with Crippen LogP contribution in [0.5, 0.6) is 0 Å². The highest BCUT2D eigenvalue weighted by molar-refractivity contribution is 7.89. The first-order chi connectivity index (χ1) is 14.9. The molecule has 2 aromatic rings. The van der Waals surface area contributed by atoms with Gasteiger partial charge < -0.3 is 13.8 Å². The van der Waals surface area contributed by atoms with Crippen molar-refractivity contribution in [3.05, 3.63) is 35.6 Å². The molecule has 2 fully saturated rings. The number of carbonyl (C=O) groups excluding carboxylic acids is 1. The third-order valence-corrected chi connectivity index (χ3v) is 8.20. The molecule has 4 rings (SSSR count). The van der Waals surface area contributed by atoms with Gasteiger partial charge in [-0.25, -0.2) is 8.42 Å². The van der Waals surface area contributed by atoms with Gasteiger partial charge in [-0.2, -0.15) is 4.31 Å². The SMILES string of the molecule is Cc1noc(/C=C/c2ccco2)c1S(=O)(=O)N1CCC(C(=O)N2CCC[C@H](C)C2)CC1. The summed E-state index contributed by atoms with van der Waals surface area (Å²) in [6, 6.07) is 3.51. The summed E-state index contributed by atoms with van der Waals surface area (Å²) >= 11 is 0. The maximum Gasteiger partial charge on any atom is 0.248 e. The van der Waals surface area contributed by atoms with E-state index in [1.807, 2.05) is 4.90 Å². The van der Waals surface area contributed by atoms with Crippen LogP contribution in [0.3, 0.4) is 0 Å². The quantitative estimate of drug-likeness (QED) is 0.697. The van der Waals surface area contributed by atoms with E-state index in [0.717, 1.165) is 25.9 Å². The Morgan fingerprint density at radius 3 is 2.65 bits per heavy atom. The van der Waals surface area contributed by atoms with Gasteiger partial charge in [0.25, 0.3) is 0 Å². The first-order valence-electron chi connectivity index (χ1n) is 10.8. The Kier molecular flexibility index (Phi) is 6.34. The molecule has 1 atom stereocenters. The zero-order valence-electron chi connectivity index (χ0n) is 18.0. The number of rotatable bonds is 5. The summed E-state index contributed by atoms with van der Waals surface area (Å²) in [7, 11) is -3.78. The molecule has 2 aliphatic heterocycles. The lowest BCUT2D eigenvalue weighted by molar-refractivity contribution is -0.138. The number of hydrogen-bond donors (Lipinski definition) is 0. The van der Waals surface area contributed by atoms with Gasteiger partial charge in [0, 0.05) is 32.1 Å². The lowest BCUT2D eigenvalue weighted by atomic mass is 9.93. The van der Waals surface area contributed by atoms with Crippen LogP contribution in [-0.4, -0.2) is 54.9 Å². The highest BCUT2D eigenvalue weighted by Crippen LogP contribution is 2.30.